The second-order valence-corrected chi connectivity index (χ2v) is 11.5. The van der Waals surface area contributed by atoms with Gasteiger partial charge in [0.25, 0.3) is 10.0 Å². The van der Waals surface area contributed by atoms with Crippen LogP contribution in [0, 0.1) is 11.2 Å². The van der Waals surface area contributed by atoms with E-state index in [0.29, 0.717) is 30.8 Å². The van der Waals surface area contributed by atoms with Crippen molar-refractivity contribution in [3.05, 3.63) is 48.3 Å². The van der Waals surface area contributed by atoms with Crippen LogP contribution in [-0.2, 0) is 19.6 Å². The highest BCUT2D eigenvalue weighted by Gasteiger charge is 2.35. The smallest absolute Gasteiger partial charge is 0.411 e. The minimum absolute atomic E-state index is 0.0351. The Balaban J connectivity index is 1.89. The van der Waals surface area contributed by atoms with Gasteiger partial charge in [-0.2, -0.15) is 0 Å². The number of ether oxygens (including phenoxy) is 2. The van der Waals surface area contributed by atoms with Gasteiger partial charge < -0.3 is 14.8 Å². The molecule has 36 heavy (non-hydrogen) atoms. The predicted octanol–water partition coefficient (Wildman–Crippen LogP) is 4.29. The molecule has 0 bridgehead atoms. The number of amides is 2. The number of sulfonamides is 1. The zero-order chi connectivity index (χ0) is 26.5. The summed E-state index contributed by atoms with van der Waals surface area (Å²) in [6, 6.07) is 9.19. The number of anilines is 2. The maximum Gasteiger partial charge on any atom is 0.411 e. The molecule has 196 valence electrons. The number of nitrogens with one attached hydrogen (secondary N) is 2. The Bertz CT molecular complexity index is 1200. The molecule has 3 rings (SSSR count). The molecule has 0 saturated heterocycles. The quantitative estimate of drug-likeness (QED) is 0.536. The summed E-state index contributed by atoms with van der Waals surface area (Å²) in [6.45, 7) is 8.01. The number of rotatable bonds is 8. The molecule has 9 nitrogen and oxygen atoms in total. The van der Waals surface area contributed by atoms with Crippen LogP contribution < -0.4 is 19.7 Å². The third kappa shape index (κ3) is 7.09. The molecule has 1 atom stereocenters. The van der Waals surface area contributed by atoms with Crippen LogP contribution >= 0.6 is 0 Å². The molecule has 0 fully saturated rings. The lowest BCUT2D eigenvalue weighted by atomic mass is 9.99. The van der Waals surface area contributed by atoms with Gasteiger partial charge in [0.1, 0.15) is 17.7 Å². The lowest BCUT2D eigenvalue weighted by molar-refractivity contribution is -0.120. The topological polar surface area (TPSA) is 114 Å². The lowest BCUT2D eigenvalue weighted by Crippen LogP contribution is -2.44. The van der Waals surface area contributed by atoms with Crippen molar-refractivity contribution in [1.29, 1.82) is 0 Å². The second kappa shape index (κ2) is 11.2. The van der Waals surface area contributed by atoms with Crippen molar-refractivity contribution in [1.82, 2.24) is 5.32 Å². The molecule has 2 aromatic carbocycles. The van der Waals surface area contributed by atoms with Gasteiger partial charge in [-0.1, -0.05) is 27.7 Å². The first-order valence-corrected chi connectivity index (χ1v) is 13.1. The average Bonchev–Trinajstić information content (AvgIpc) is 2.82. The van der Waals surface area contributed by atoms with E-state index in [2.05, 4.69) is 10.6 Å². The Kier molecular flexibility index (Phi) is 8.44. The van der Waals surface area contributed by atoms with Crippen LogP contribution in [0.4, 0.5) is 20.6 Å². The van der Waals surface area contributed by atoms with Crippen LogP contribution in [0.1, 0.15) is 40.5 Å². The Morgan fingerprint density at radius 1 is 1.17 bits per heavy atom. The maximum atomic E-state index is 13.5. The molecule has 0 radical (unpaired) electrons. The van der Waals surface area contributed by atoms with E-state index in [0.717, 1.165) is 12.1 Å². The Labute approximate surface area is 211 Å². The Hall–Kier alpha value is -3.34. The summed E-state index contributed by atoms with van der Waals surface area (Å²) >= 11 is 0. The normalized spacial score (nSPS) is 15.5. The van der Waals surface area contributed by atoms with E-state index in [-0.39, 0.29) is 35.1 Å². The first-order valence-electron chi connectivity index (χ1n) is 11.7. The van der Waals surface area contributed by atoms with Gasteiger partial charge in [0.2, 0.25) is 5.91 Å². The maximum absolute atomic E-state index is 13.5. The van der Waals surface area contributed by atoms with Crippen molar-refractivity contribution in [2.75, 3.05) is 29.3 Å². The standard InChI is InChI=1S/C25H32FN3O6S/c1-5-23(30)27-13-12-19-15-29(36(32,33)20-9-6-17(26)7-10-20)21-14-18(8-11-22(21)35-19)28-24(31)34-16-25(2,3)4/h6-11,14,19H,5,12-13,15-16H2,1-4H3,(H,27,30)(H,28,31)/t19-/m0/s1. The molecular formula is C25H32FN3O6S. The zero-order valence-electron chi connectivity index (χ0n) is 20.8. The molecule has 1 aliphatic rings. The van der Waals surface area contributed by atoms with E-state index in [1.807, 2.05) is 20.8 Å². The van der Waals surface area contributed by atoms with Crippen LogP contribution in [0.5, 0.6) is 5.75 Å². The van der Waals surface area contributed by atoms with Crippen molar-refractivity contribution >= 4 is 33.4 Å². The number of carbonyl (C=O) groups excluding carboxylic acids is 2. The summed E-state index contributed by atoms with van der Waals surface area (Å²) < 4.78 is 53.0. The summed E-state index contributed by atoms with van der Waals surface area (Å²) in [7, 11) is -4.09. The van der Waals surface area contributed by atoms with Gasteiger partial charge in [-0.3, -0.25) is 14.4 Å². The van der Waals surface area contributed by atoms with Gasteiger partial charge in [0.05, 0.1) is 23.7 Å². The predicted molar refractivity (Wildman–Crippen MR) is 134 cm³/mol. The molecule has 2 amide bonds. The van der Waals surface area contributed by atoms with Gasteiger partial charge in [0, 0.05) is 25.1 Å². The van der Waals surface area contributed by atoms with Crippen molar-refractivity contribution in [3.63, 3.8) is 0 Å². The van der Waals surface area contributed by atoms with Crippen molar-refractivity contribution in [2.24, 2.45) is 5.41 Å². The SMILES string of the molecule is CCC(=O)NCC[C@H]1CN(S(=O)(=O)c2ccc(F)cc2)c2cc(NC(=O)OCC(C)(C)C)ccc2O1. The largest absolute Gasteiger partial charge is 0.486 e. The molecule has 11 heteroatoms. The number of hydrogen-bond acceptors (Lipinski definition) is 6. The van der Waals surface area contributed by atoms with E-state index < -0.39 is 28.0 Å². The molecule has 0 aromatic heterocycles. The fraction of sp³-hybridized carbons (Fsp3) is 0.440. The minimum Gasteiger partial charge on any atom is -0.486 e. The van der Waals surface area contributed by atoms with E-state index in [1.54, 1.807) is 19.1 Å². The molecule has 0 spiro atoms. The first kappa shape index (κ1) is 27.3. The number of carbonyl (C=O) groups is 2. The number of halogens is 1. The highest BCUT2D eigenvalue weighted by Crippen LogP contribution is 2.39. The molecule has 1 heterocycles. The summed E-state index contributed by atoms with van der Waals surface area (Å²) in [5, 5.41) is 5.37. The summed E-state index contributed by atoms with van der Waals surface area (Å²) in [5.74, 6) is -0.371. The Morgan fingerprint density at radius 3 is 2.50 bits per heavy atom. The number of benzene rings is 2. The van der Waals surface area contributed by atoms with Crippen LogP contribution in [0.15, 0.2) is 47.4 Å². The highest BCUT2D eigenvalue weighted by molar-refractivity contribution is 7.92. The molecule has 0 aliphatic carbocycles. The first-order chi connectivity index (χ1) is 16.9. The second-order valence-electron chi connectivity index (χ2n) is 9.67. The van der Waals surface area contributed by atoms with Gasteiger partial charge >= 0.3 is 6.09 Å². The van der Waals surface area contributed by atoms with Crippen LogP contribution in [0.25, 0.3) is 0 Å². The van der Waals surface area contributed by atoms with Crippen molar-refractivity contribution in [3.8, 4) is 5.75 Å². The monoisotopic (exact) mass is 521 g/mol. The van der Waals surface area contributed by atoms with Crippen molar-refractivity contribution in [2.45, 2.75) is 51.5 Å². The lowest BCUT2D eigenvalue weighted by Gasteiger charge is -2.36. The fourth-order valence-electron chi connectivity index (χ4n) is 3.44. The summed E-state index contributed by atoms with van der Waals surface area (Å²) in [5.41, 5.74) is 0.332. The number of nitrogens with zero attached hydrogens (tertiary/aromatic N) is 1. The third-order valence-corrected chi connectivity index (χ3v) is 7.08. The molecule has 0 saturated carbocycles. The summed E-state index contributed by atoms with van der Waals surface area (Å²) in [6.07, 6.45) is -0.493. The number of hydrogen-bond donors (Lipinski definition) is 2. The molecule has 2 N–H and O–H groups in total. The van der Waals surface area contributed by atoms with E-state index in [1.165, 1.54) is 22.5 Å². The molecule has 1 aliphatic heterocycles. The summed E-state index contributed by atoms with van der Waals surface area (Å²) in [4.78, 5) is 23.7. The molecule has 2 aromatic rings. The van der Waals surface area contributed by atoms with Gasteiger partial charge in [-0.25, -0.2) is 17.6 Å². The van der Waals surface area contributed by atoms with E-state index in [9.17, 15) is 22.4 Å². The fourth-order valence-corrected chi connectivity index (χ4v) is 4.93. The van der Waals surface area contributed by atoms with Crippen molar-refractivity contribution < 1.29 is 31.9 Å². The van der Waals surface area contributed by atoms with Crippen LogP contribution in [0.2, 0.25) is 0 Å². The van der Waals surface area contributed by atoms with Gasteiger partial charge in [-0.05, 0) is 47.9 Å². The number of fused-ring (bicyclic) bond motifs is 1. The van der Waals surface area contributed by atoms with Crippen LogP contribution in [0.3, 0.4) is 0 Å². The highest BCUT2D eigenvalue weighted by atomic mass is 32.2. The van der Waals surface area contributed by atoms with E-state index >= 15 is 0 Å². The van der Waals surface area contributed by atoms with Gasteiger partial charge in [0.15, 0.2) is 0 Å². The molecule has 0 unspecified atom stereocenters. The Morgan fingerprint density at radius 2 is 1.86 bits per heavy atom. The third-order valence-electron chi connectivity index (χ3n) is 5.28. The van der Waals surface area contributed by atoms with E-state index in [4.69, 9.17) is 9.47 Å². The average molecular weight is 522 g/mol. The van der Waals surface area contributed by atoms with Gasteiger partial charge in [-0.15, -0.1) is 0 Å². The van der Waals surface area contributed by atoms with Crippen LogP contribution in [-0.4, -0.2) is 46.2 Å². The minimum atomic E-state index is -4.09. The zero-order valence-corrected chi connectivity index (χ0v) is 21.7. The molecular weight excluding hydrogens is 489 g/mol.